The van der Waals surface area contributed by atoms with E-state index in [1.54, 1.807) is 0 Å². The van der Waals surface area contributed by atoms with E-state index in [4.69, 9.17) is 12.2 Å². The maximum atomic E-state index is 13.4. The number of thiocarbonyl (C=S) groups is 1. The molecule has 3 heterocycles. The van der Waals surface area contributed by atoms with Crippen molar-refractivity contribution >= 4 is 57.1 Å². The van der Waals surface area contributed by atoms with Crippen LogP contribution in [0.25, 0.3) is 0 Å². The van der Waals surface area contributed by atoms with Crippen LogP contribution in [0.2, 0.25) is 0 Å². The van der Waals surface area contributed by atoms with E-state index in [1.165, 1.54) is 39.2 Å². The Kier molecular flexibility index (Phi) is 8.14. The molecule has 2 aromatic rings. The predicted molar refractivity (Wildman–Crippen MR) is 180 cm³/mol. The number of anilines is 1. The molecule has 0 N–H and O–H groups in total. The zero-order chi connectivity index (χ0) is 30.6. The summed E-state index contributed by atoms with van der Waals surface area (Å²) in [6.45, 7) is 18.4. The minimum atomic E-state index is -0.203. The average Bonchev–Trinajstić information content (AvgIpc) is 3.39. The third-order valence-corrected chi connectivity index (χ3v) is 10.3. The van der Waals surface area contributed by atoms with Crippen LogP contribution in [0.4, 0.5) is 11.4 Å². The number of carbonyl (C=O) groups is 2. The number of nitrogens with zero attached hydrogens (tertiary/aromatic N) is 3. The molecular formula is C35H41N3O2S2. The van der Waals surface area contributed by atoms with Crippen LogP contribution in [-0.4, -0.2) is 39.7 Å². The summed E-state index contributed by atoms with van der Waals surface area (Å²) in [5, 5.41) is 0. The number of amides is 1. The van der Waals surface area contributed by atoms with Gasteiger partial charge in [-0.05, 0) is 67.2 Å². The lowest BCUT2D eigenvalue weighted by Gasteiger charge is -2.27. The number of hydrogen-bond donors (Lipinski definition) is 0. The molecule has 0 saturated carbocycles. The minimum Gasteiger partial charge on any atom is -0.344 e. The largest absolute Gasteiger partial charge is 0.344 e. The monoisotopic (exact) mass is 599 g/mol. The van der Waals surface area contributed by atoms with Gasteiger partial charge in [-0.2, -0.15) is 0 Å². The standard InChI is InChI=1S/C35H41N3O2S2/c1-21(2)15-16-37-29-12-9-22(3)17-27(29)35(7,8)31(37)14-13-30-32(40)38(33(41)42-30)20-25(39)18-24-10-11-28-26(19-24)34(5,6)23(4)36-28/h9-14,17,19,21H,15-16,18,20H2,1-8H3/b30-13+,31-14-. The molecule has 0 atom stereocenters. The first kappa shape index (κ1) is 30.4. The second-order valence-corrected chi connectivity index (χ2v) is 14.9. The minimum absolute atomic E-state index is 0.0225. The summed E-state index contributed by atoms with van der Waals surface area (Å²) in [6, 6.07) is 12.7. The van der Waals surface area contributed by atoms with Gasteiger partial charge in [0.15, 0.2) is 5.78 Å². The summed E-state index contributed by atoms with van der Waals surface area (Å²) in [5.74, 6) is 0.340. The van der Waals surface area contributed by atoms with E-state index in [2.05, 4.69) is 88.7 Å². The average molecular weight is 600 g/mol. The molecular weight excluding hydrogens is 559 g/mol. The number of ketones is 1. The van der Waals surface area contributed by atoms with Crippen LogP contribution in [0.1, 0.15) is 77.1 Å². The summed E-state index contributed by atoms with van der Waals surface area (Å²) >= 11 is 6.85. The smallest absolute Gasteiger partial charge is 0.266 e. The molecule has 42 heavy (non-hydrogen) atoms. The highest BCUT2D eigenvalue weighted by molar-refractivity contribution is 8.26. The van der Waals surface area contributed by atoms with Crippen LogP contribution in [0.15, 0.2) is 64.1 Å². The molecule has 5 rings (SSSR count). The van der Waals surface area contributed by atoms with Crippen LogP contribution in [0.3, 0.4) is 0 Å². The molecule has 0 radical (unpaired) electrons. The van der Waals surface area contributed by atoms with E-state index in [0.717, 1.165) is 35.5 Å². The van der Waals surface area contributed by atoms with Gasteiger partial charge in [0.1, 0.15) is 4.32 Å². The number of Topliss-reactive ketones (excluding diaryl/α,β-unsaturated/α-hetero) is 1. The lowest BCUT2D eigenvalue weighted by Crippen LogP contribution is -2.34. The third kappa shape index (κ3) is 5.53. The van der Waals surface area contributed by atoms with Crippen molar-refractivity contribution in [3.05, 3.63) is 81.4 Å². The Bertz CT molecular complexity index is 1580. The molecule has 220 valence electrons. The molecule has 0 bridgehead atoms. The van der Waals surface area contributed by atoms with Crippen LogP contribution in [-0.2, 0) is 26.8 Å². The second-order valence-electron chi connectivity index (χ2n) is 13.2. The van der Waals surface area contributed by atoms with Crippen molar-refractivity contribution in [1.82, 2.24) is 4.90 Å². The third-order valence-electron chi connectivity index (χ3n) is 8.91. The van der Waals surface area contributed by atoms with Crippen LogP contribution >= 0.6 is 24.0 Å². The Morgan fingerprint density at radius 3 is 2.45 bits per heavy atom. The van der Waals surface area contributed by atoms with Gasteiger partial charge < -0.3 is 4.90 Å². The predicted octanol–water partition coefficient (Wildman–Crippen LogP) is 7.96. The zero-order valence-corrected chi connectivity index (χ0v) is 27.6. The molecule has 1 amide bonds. The second kappa shape index (κ2) is 11.2. The van der Waals surface area contributed by atoms with Crippen molar-refractivity contribution in [3.63, 3.8) is 0 Å². The fourth-order valence-electron chi connectivity index (χ4n) is 5.99. The van der Waals surface area contributed by atoms with Crippen molar-refractivity contribution in [2.75, 3.05) is 18.0 Å². The van der Waals surface area contributed by atoms with Crippen molar-refractivity contribution < 1.29 is 9.59 Å². The fourth-order valence-corrected chi connectivity index (χ4v) is 7.19. The zero-order valence-electron chi connectivity index (χ0n) is 26.0. The van der Waals surface area contributed by atoms with Gasteiger partial charge in [-0.15, -0.1) is 0 Å². The van der Waals surface area contributed by atoms with Gasteiger partial charge in [0.05, 0.1) is 17.1 Å². The normalized spacial score (nSPS) is 20.6. The quantitative estimate of drug-likeness (QED) is 0.228. The SMILES string of the molecule is CC1=Nc2ccc(CC(=O)CN3C(=O)/C(=C\C=C4/N(CCC(C)C)c5ccc(C)cc5C4(C)C)SC3=S)cc2C1(C)C. The van der Waals surface area contributed by atoms with E-state index >= 15 is 0 Å². The number of aryl methyl sites for hydroxylation is 1. The first-order valence-electron chi connectivity index (χ1n) is 14.8. The highest BCUT2D eigenvalue weighted by Crippen LogP contribution is 2.48. The van der Waals surface area contributed by atoms with Crippen LogP contribution in [0.5, 0.6) is 0 Å². The van der Waals surface area contributed by atoms with Gasteiger partial charge in [-0.3, -0.25) is 19.5 Å². The van der Waals surface area contributed by atoms with Gasteiger partial charge in [0, 0.05) is 40.9 Å². The molecule has 0 unspecified atom stereocenters. The van der Waals surface area contributed by atoms with Gasteiger partial charge in [-0.25, -0.2) is 0 Å². The van der Waals surface area contributed by atoms with Crippen LogP contribution in [0, 0.1) is 12.8 Å². The fraction of sp³-hybridized carbons (Fsp3) is 0.429. The van der Waals surface area contributed by atoms with Gasteiger partial charge >= 0.3 is 0 Å². The van der Waals surface area contributed by atoms with Gasteiger partial charge in [0.25, 0.3) is 5.91 Å². The molecule has 0 aromatic heterocycles. The summed E-state index contributed by atoms with van der Waals surface area (Å²) in [5.41, 5.74) is 8.72. The van der Waals surface area contributed by atoms with E-state index < -0.39 is 0 Å². The Morgan fingerprint density at radius 1 is 1.00 bits per heavy atom. The van der Waals surface area contributed by atoms with Gasteiger partial charge in [-0.1, -0.05) is 95.4 Å². The number of carbonyl (C=O) groups excluding carboxylic acids is 2. The molecule has 0 aliphatic carbocycles. The first-order chi connectivity index (χ1) is 19.7. The number of fused-ring (bicyclic) bond motifs is 2. The summed E-state index contributed by atoms with van der Waals surface area (Å²) in [6.07, 6.45) is 5.30. The molecule has 1 saturated heterocycles. The molecule has 0 spiro atoms. The van der Waals surface area contributed by atoms with Gasteiger partial charge in [0.2, 0.25) is 0 Å². The van der Waals surface area contributed by atoms with E-state index in [9.17, 15) is 9.59 Å². The Balaban J connectivity index is 1.33. The maximum Gasteiger partial charge on any atom is 0.266 e. The Labute approximate surface area is 260 Å². The van der Waals surface area contributed by atoms with Crippen molar-refractivity contribution in [3.8, 4) is 0 Å². The first-order valence-corrected chi connectivity index (χ1v) is 16.0. The number of thioether (sulfide) groups is 1. The van der Waals surface area contributed by atoms with E-state index in [-0.39, 0.29) is 35.5 Å². The van der Waals surface area contributed by atoms with E-state index in [1.807, 2.05) is 25.1 Å². The lowest BCUT2D eigenvalue weighted by atomic mass is 9.81. The summed E-state index contributed by atoms with van der Waals surface area (Å²) < 4.78 is 0.429. The number of hydrogen-bond acceptors (Lipinski definition) is 6. The van der Waals surface area contributed by atoms with Crippen LogP contribution < -0.4 is 4.90 Å². The molecule has 2 aromatic carbocycles. The summed E-state index contributed by atoms with van der Waals surface area (Å²) in [4.78, 5) is 35.7. The van der Waals surface area contributed by atoms with Crippen molar-refractivity contribution in [2.24, 2.45) is 10.9 Å². The Morgan fingerprint density at radius 2 is 1.74 bits per heavy atom. The molecule has 7 heteroatoms. The molecule has 1 fully saturated rings. The molecule has 3 aliphatic heterocycles. The highest BCUT2D eigenvalue weighted by Gasteiger charge is 2.40. The summed E-state index contributed by atoms with van der Waals surface area (Å²) in [7, 11) is 0. The highest BCUT2D eigenvalue weighted by atomic mass is 32.2. The number of rotatable bonds is 8. The van der Waals surface area contributed by atoms with E-state index in [0.29, 0.717) is 15.1 Å². The maximum absolute atomic E-state index is 13.4. The molecule has 5 nitrogen and oxygen atoms in total. The number of benzene rings is 2. The number of allylic oxidation sites excluding steroid dienone is 3. The number of aliphatic imine (C=N–C) groups is 1. The van der Waals surface area contributed by atoms with Crippen molar-refractivity contribution in [1.29, 1.82) is 0 Å². The lowest BCUT2D eigenvalue weighted by molar-refractivity contribution is -0.127. The Hall–Kier alpha value is -3.03. The molecule has 3 aliphatic rings. The van der Waals surface area contributed by atoms with Crippen molar-refractivity contribution in [2.45, 2.75) is 79.1 Å². The topological polar surface area (TPSA) is 53.0 Å².